The highest BCUT2D eigenvalue weighted by Crippen LogP contribution is 2.21. The van der Waals surface area contributed by atoms with Gasteiger partial charge in [-0.3, -0.25) is 4.79 Å². The van der Waals surface area contributed by atoms with E-state index in [9.17, 15) is 4.79 Å². The predicted molar refractivity (Wildman–Crippen MR) is 90.5 cm³/mol. The Morgan fingerprint density at radius 2 is 2.17 bits per heavy atom. The van der Waals surface area contributed by atoms with Crippen LogP contribution < -0.4 is 5.32 Å². The molecule has 0 unspecified atom stereocenters. The SMILES string of the molecule is Cc1cccc(Nc2ncc3c(n2)CCN(C(=O)C(C)C)C3)c1. The van der Waals surface area contributed by atoms with Crippen LogP contribution in [0.1, 0.15) is 30.7 Å². The topological polar surface area (TPSA) is 58.1 Å². The summed E-state index contributed by atoms with van der Waals surface area (Å²) >= 11 is 0. The van der Waals surface area contributed by atoms with Gasteiger partial charge < -0.3 is 10.2 Å². The van der Waals surface area contributed by atoms with Crippen LogP contribution in [0.2, 0.25) is 0 Å². The molecule has 0 atom stereocenters. The van der Waals surface area contributed by atoms with Crippen LogP contribution in [0.15, 0.2) is 30.5 Å². The number of carbonyl (C=O) groups excluding carboxylic acids is 1. The van der Waals surface area contributed by atoms with E-state index in [4.69, 9.17) is 0 Å². The second-order valence-electron chi connectivity index (χ2n) is 6.32. The number of amides is 1. The number of carbonyl (C=O) groups is 1. The lowest BCUT2D eigenvalue weighted by Crippen LogP contribution is -2.38. The van der Waals surface area contributed by atoms with Gasteiger partial charge in [-0.25, -0.2) is 9.97 Å². The van der Waals surface area contributed by atoms with Crippen molar-refractivity contribution in [2.75, 3.05) is 11.9 Å². The van der Waals surface area contributed by atoms with Crippen LogP contribution in [0.5, 0.6) is 0 Å². The summed E-state index contributed by atoms with van der Waals surface area (Å²) in [6.45, 7) is 7.26. The van der Waals surface area contributed by atoms with Crippen LogP contribution in [0, 0.1) is 12.8 Å². The average Bonchev–Trinajstić information content (AvgIpc) is 2.53. The zero-order valence-electron chi connectivity index (χ0n) is 13.8. The highest BCUT2D eigenvalue weighted by Gasteiger charge is 2.23. The molecule has 2 heterocycles. The molecule has 0 saturated heterocycles. The maximum absolute atomic E-state index is 12.1. The first kappa shape index (κ1) is 15.5. The number of fused-ring (bicyclic) bond motifs is 1. The molecule has 0 bridgehead atoms. The number of aryl methyl sites for hydroxylation is 1. The normalized spacial score (nSPS) is 13.8. The third-order valence-electron chi connectivity index (χ3n) is 4.01. The smallest absolute Gasteiger partial charge is 0.227 e. The molecule has 0 saturated carbocycles. The standard InChI is InChI=1S/C18H22N4O/c1-12(2)17(23)22-8-7-16-14(11-22)10-19-18(21-16)20-15-6-4-5-13(3)9-15/h4-6,9-10,12H,7-8,11H2,1-3H3,(H,19,20,21). The first-order valence-corrected chi connectivity index (χ1v) is 8.00. The molecule has 1 aliphatic heterocycles. The number of nitrogens with one attached hydrogen (secondary N) is 1. The summed E-state index contributed by atoms with van der Waals surface area (Å²) in [5.41, 5.74) is 4.25. The quantitative estimate of drug-likeness (QED) is 0.946. The van der Waals surface area contributed by atoms with E-state index in [1.165, 1.54) is 5.56 Å². The molecule has 120 valence electrons. The van der Waals surface area contributed by atoms with E-state index >= 15 is 0 Å². The van der Waals surface area contributed by atoms with Gasteiger partial charge in [-0.2, -0.15) is 0 Å². The van der Waals surface area contributed by atoms with Gasteiger partial charge in [0.1, 0.15) is 0 Å². The van der Waals surface area contributed by atoms with Crippen molar-refractivity contribution in [1.29, 1.82) is 0 Å². The summed E-state index contributed by atoms with van der Waals surface area (Å²) < 4.78 is 0. The van der Waals surface area contributed by atoms with Gasteiger partial charge >= 0.3 is 0 Å². The molecule has 5 heteroatoms. The van der Waals surface area contributed by atoms with Gasteiger partial charge in [-0.1, -0.05) is 26.0 Å². The Morgan fingerprint density at radius 3 is 2.91 bits per heavy atom. The van der Waals surface area contributed by atoms with E-state index in [0.29, 0.717) is 12.5 Å². The summed E-state index contributed by atoms with van der Waals surface area (Å²) in [5, 5.41) is 3.24. The Morgan fingerprint density at radius 1 is 1.35 bits per heavy atom. The van der Waals surface area contributed by atoms with E-state index in [1.807, 2.05) is 37.1 Å². The summed E-state index contributed by atoms with van der Waals surface area (Å²) in [7, 11) is 0. The molecule has 0 aliphatic carbocycles. The molecular formula is C18H22N4O. The lowest BCUT2D eigenvalue weighted by atomic mass is 10.1. The fraction of sp³-hybridized carbons (Fsp3) is 0.389. The summed E-state index contributed by atoms with van der Waals surface area (Å²) in [6.07, 6.45) is 2.61. The Kier molecular flexibility index (Phi) is 4.28. The van der Waals surface area contributed by atoms with Crippen molar-refractivity contribution in [3.05, 3.63) is 47.3 Å². The van der Waals surface area contributed by atoms with Crippen LogP contribution >= 0.6 is 0 Å². The number of nitrogens with zero attached hydrogens (tertiary/aromatic N) is 3. The van der Waals surface area contributed by atoms with Gasteiger partial charge in [0.15, 0.2) is 0 Å². The fourth-order valence-electron chi connectivity index (χ4n) is 2.78. The third-order valence-corrected chi connectivity index (χ3v) is 4.01. The Labute approximate surface area is 136 Å². The van der Waals surface area contributed by atoms with E-state index < -0.39 is 0 Å². The second kappa shape index (κ2) is 6.36. The van der Waals surface area contributed by atoms with Crippen LogP contribution in [-0.2, 0) is 17.8 Å². The Hall–Kier alpha value is -2.43. The molecule has 0 radical (unpaired) electrons. The molecule has 1 N–H and O–H groups in total. The molecule has 3 rings (SSSR count). The molecule has 1 amide bonds. The molecule has 0 spiro atoms. The third kappa shape index (κ3) is 3.50. The van der Waals surface area contributed by atoms with E-state index in [1.54, 1.807) is 0 Å². The Balaban J connectivity index is 1.75. The minimum absolute atomic E-state index is 0.0275. The zero-order valence-corrected chi connectivity index (χ0v) is 13.8. The van der Waals surface area contributed by atoms with Crippen LogP contribution in [0.3, 0.4) is 0 Å². The summed E-state index contributed by atoms with van der Waals surface area (Å²) in [6, 6.07) is 8.12. The van der Waals surface area contributed by atoms with Crippen LogP contribution in [-0.4, -0.2) is 27.3 Å². The maximum Gasteiger partial charge on any atom is 0.227 e. The van der Waals surface area contributed by atoms with Crippen molar-refractivity contribution in [3.63, 3.8) is 0 Å². The average molecular weight is 310 g/mol. The molecule has 2 aromatic rings. The largest absolute Gasteiger partial charge is 0.338 e. The second-order valence-corrected chi connectivity index (χ2v) is 6.32. The van der Waals surface area contributed by atoms with E-state index in [-0.39, 0.29) is 11.8 Å². The predicted octanol–water partition coefficient (Wildman–Crippen LogP) is 3.07. The molecule has 5 nitrogen and oxygen atoms in total. The molecule has 1 aromatic carbocycles. The molecular weight excluding hydrogens is 288 g/mol. The van der Waals surface area contributed by atoms with Gasteiger partial charge in [0.25, 0.3) is 0 Å². The van der Waals surface area contributed by atoms with Crippen molar-refractivity contribution < 1.29 is 4.79 Å². The van der Waals surface area contributed by atoms with Crippen molar-refractivity contribution in [3.8, 4) is 0 Å². The van der Waals surface area contributed by atoms with E-state index in [0.717, 1.165) is 29.9 Å². The van der Waals surface area contributed by atoms with Crippen LogP contribution in [0.4, 0.5) is 11.6 Å². The first-order chi connectivity index (χ1) is 11.0. The first-order valence-electron chi connectivity index (χ1n) is 8.00. The number of anilines is 2. The zero-order chi connectivity index (χ0) is 16.4. The number of aromatic nitrogens is 2. The van der Waals surface area contributed by atoms with Gasteiger partial charge in [-0.15, -0.1) is 0 Å². The van der Waals surface area contributed by atoms with Gasteiger partial charge in [0, 0.05) is 42.9 Å². The van der Waals surface area contributed by atoms with E-state index in [2.05, 4.69) is 34.3 Å². The molecule has 1 aromatic heterocycles. The van der Waals surface area contributed by atoms with Gasteiger partial charge in [0.05, 0.1) is 5.69 Å². The number of hydrogen-bond donors (Lipinski definition) is 1. The number of rotatable bonds is 3. The highest BCUT2D eigenvalue weighted by atomic mass is 16.2. The summed E-state index contributed by atoms with van der Waals surface area (Å²) in [5.74, 6) is 0.829. The summed E-state index contributed by atoms with van der Waals surface area (Å²) in [4.78, 5) is 23.0. The lowest BCUT2D eigenvalue weighted by molar-refractivity contribution is -0.135. The van der Waals surface area contributed by atoms with Crippen molar-refractivity contribution in [2.24, 2.45) is 5.92 Å². The van der Waals surface area contributed by atoms with Crippen molar-refractivity contribution in [1.82, 2.24) is 14.9 Å². The number of benzene rings is 1. The minimum atomic E-state index is 0.0275. The maximum atomic E-state index is 12.1. The molecule has 0 fully saturated rings. The number of hydrogen-bond acceptors (Lipinski definition) is 4. The highest BCUT2D eigenvalue weighted by molar-refractivity contribution is 5.78. The van der Waals surface area contributed by atoms with Gasteiger partial charge in [-0.05, 0) is 24.6 Å². The molecule has 23 heavy (non-hydrogen) atoms. The lowest BCUT2D eigenvalue weighted by Gasteiger charge is -2.29. The van der Waals surface area contributed by atoms with Crippen molar-refractivity contribution in [2.45, 2.75) is 33.7 Å². The minimum Gasteiger partial charge on any atom is -0.338 e. The van der Waals surface area contributed by atoms with Crippen LogP contribution in [0.25, 0.3) is 0 Å². The molecule has 1 aliphatic rings. The monoisotopic (exact) mass is 310 g/mol. The fourth-order valence-corrected chi connectivity index (χ4v) is 2.78. The Bertz CT molecular complexity index is 727. The van der Waals surface area contributed by atoms with Gasteiger partial charge in [0.2, 0.25) is 11.9 Å². The van der Waals surface area contributed by atoms with Crippen molar-refractivity contribution >= 4 is 17.5 Å².